The van der Waals surface area contributed by atoms with Crippen molar-refractivity contribution in [2.24, 2.45) is 0 Å². The molecular formula is C15H21NO4. The molecule has 1 aromatic rings. The van der Waals surface area contributed by atoms with Crippen LogP contribution in [0.3, 0.4) is 0 Å². The van der Waals surface area contributed by atoms with Crippen molar-refractivity contribution in [1.82, 2.24) is 5.32 Å². The van der Waals surface area contributed by atoms with Gasteiger partial charge in [-0.05, 0) is 38.3 Å². The molecule has 1 rings (SSSR count). The average Bonchev–Trinajstić information content (AvgIpc) is 2.40. The van der Waals surface area contributed by atoms with Gasteiger partial charge in [0.05, 0.1) is 23.3 Å². The molecule has 0 aromatic heterocycles. The highest BCUT2D eigenvalue weighted by molar-refractivity contribution is 6.07. The Hall–Kier alpha value is -1.88. The smallest absolute Gasteiger partial charge is 0.336 e. The zero-order chi connectivity index (χ0) is 15.5. The molecule has 1 unspecified atom stereocenters. The number of aryl methyl sites for hydroxylation is 2. The predicted octanol–water partition coefficient (Wildman–Crippen LogP) is 1.89. The lowest BCUT2D eigenvalue weighted by Gasteiger charge is -2.28. The summed E-state index contributed by atoms with van der Waals surface area (Å²) < 4.78 is 0. The van der Waals surface area contributed by atoms with Crippen LogP contribution in [0.25, 0.3) is 0 Å². The lowest BCUT2D eigenvalue weighted by atomic mass is 9.94. The Morgan fingerprint density at radius 3 is 2.10 bits per heavy atom. The number of aliphatic hydroxyl groups is 1. The van der Waals surface area contributed by atoms with E-state index >= 15 is 0 Å². The predicted molar refractivity (Wildman–Crippen MR) is 76.1 cm³/mol. The van der Waals surface area contributed by atoms with E-state index in [4.69, 9.17) is 0 Å². The average molecular weight is 279 g/mol. The highest BCUT2D eigenvalue weighted by Crippen LogP contribution is 2.20. The number of hydrogen-bond acceptors (Lipinski definition) is 3. The van der Waals surface area contributed by atoms with Crippen LogP contribution in [0.2, 0.25) is 0 Å². The fraction of sp³-hybridized carbons (Fsp3) is 0.467. The van der Waals surface area contributed by atoms with Crippen molar-refractivity contribution >= 4 is 11.9 Å². The molecule has 5 nitrogen and oxygen atoms in total. The van der Waals surface area contributed by atoms with Crippen molar-refractivity contribution in [2.45, 2.75) is 39.7 Å². The molecular weight excluding hydrogens is 258 g/mol. The number of nitrogens with one attached hydrogen (secondary N) is 1. The van der Waals surface area contributed by atoms with Crippen LogP contribution >= 0.6 is 0 Å². The standard InChI is InChI=1S/C15H21NO4/c1-5-15(4,8-17)16-13(18)11-9(2)6-7-10(3)12(11)14(19)20/h6-7,17H,5,8H2,1-4H3,(H,16,18)(H,19,20). The molecule has 1 atom stereocenters. The first-order chi connectivity index (χ1) is 9.25. The summed E-state index contributed by atoms with van der Waals surface area (Å²) in [6.07, 6.45) is 0.544. The largest absolute Gasteiger partial charge is 0.478 e. The van der Waals surface area contributed by atoms with Gasteiger partial charge in [-0.3, -0.25) is 4.79 Å². The summed E-state index contributed by atoms with van der Waals surface area (Å²) in [6, 6.07) is 3.40. The Labute approximate surface area is 118 Å². The third kappa shape index (κ3) is 3.17. The molecule has 0 aliphatic carbocycles. The molecule has 0 aliphatic rings. The van der Waals surface area contributed by atoms with Gasteiger partial charge in [0.15, 0.2) is 0 Å². The number of carboxylic acid groups (broad SMARTS) is 1. The molecule has 3 N–H and O–H groups in total. The van der Waals surface area contributed by atoms with Gasteiger partial charge in [0.2, 0.25) is 0 Å². The van der Waals surface area contributed by atoms with Gasteiger partial charge in [-0.2, -0.15) is 0 Å². The molecule has 0 aliphatic heterocycles. The molecule has 0 spiro atoms. The van der Waals surface area contributed by atoms with Crippen molar-refractivity contribution < 1.29 is 19.8 Å². The minimum Gasteiger partial charge on any atom is -0.478 e. The van der Waals surface area contributed by atoms with E-state index in [-0.39, 0.29) is 17.7 Å². The minimum absolute atomic E-state index is 0.0129. The Kier molecular flexibility index (Phi) is 4.89. The molecule has 0 radical (unpaired) electrons. The van der Waals surface area contributed by atoms with Crippen LogP contribution in [-0.4, -0.2) is 34.2 Å². The van der Waals surface area contributed by atoms with E-state index in [0.717, 1.165) is 0 Å². The van der Waals surface area contributed by atoms with Crippen LogP contribution in [0.5, 0.6) is 0 Å². The lowest BCUT2D eigenvalue weighted by Crippen LogP contribution is -2.48. The number of carbonyl (C=O) groups is 2. The van der Waals surface area contributed by atoms with E-state index in [0.29, 0.717) is 17.5 Å². The summed E-state index contributed by atoms with van der Waals surface area (Å²) in [4.78, 5) is 23.8. The van der Waals surface area contributed by atoms with Gasteiger partial charge in [0, 0.05) is 0 Å². The number of hydrogen-bond donors (Lipinski definition) is 3. The SMILES string of the molecule is CCC(C)(CO)NC(=O)c1c(C)ccc(C)c1C(=O)O. The van der Waals surface area contributed by atoms with Crippen LogP contribution < -0.4 is 5.32 Å². The van der Waals surface area contributed by atoms with Gasteiger partial charge >= 0.3 is 5.97 Å². The maximum absolute atomic E-state index is 12.4. The van der Waals surface area contributed by atoms with Gasteiger partial charge in [0.1, 0.15) is 0 Å². The van der Waals surface area contributed by atoms with E-state index < -0.39 is 17.4 Å². The fourth-order valence-electron chi connectivity index (χ4n) is 1.96. The summed E-state index contributed by atoms with van der Waals surface area (Å²) in [5, 5.41) is 21.4. The summed E-state index contributed by atoms with van der Waals surface area (Å²) in [5.74, 6) is -1.60. The first-order valence-corrected chi connectivity index (χ1v) is 6.52. The number of carboxylic acids is 1. The summed E-state index contributed by atoms with van der Waals surface area (Å²) >= 11 is 0. The Morgan fingerprint density at radius 2 is 1.70 bits per heavy atom. The molecule has 5 heteroatoms. The van der Waals surface area contributed by atoms with Crippen molar-refractivity contribution in [2.75, 3.05) is 6.61 Å². The summed E-state index contributed by atoms with van der Waals surface area (Å²) in [6.45, 7) is 6.71. The summed E-state index contributed by atoms with van der Waals surface area (Å²) in [7, 11) is 0. The third-order valence-corrected chi connectivity index (χ3v) is 3.61. The number of amides is 1. The van der Waals surface area contributed by atoms with E-state index in [1.165, 1.54) is 0 Å². The molecule has 0 saturated carbocycles. The second-order valence-corrected chi connectivity index (χ2v) is 5.28. The highest BCUT2D eigenvalue weighted by atomic mass is 16.4. The molecule has 1 amide bonds. The zero-order valence-corrected chi connectivity index (χ0v) is 12.3. The van der Waals surface area contributed by atoms with Crippen molar-refractivity contribution in [3.8, 4) is 0 Å². The molecule has 0 saturated heterocycles. The van der Waals surface area contributed by atoms with Gasteiger partial charge in [-0.15, -0.1) is 0 Å². The first-order valence-electron chi connectivity index (χ1n) is 6.52. The van der Waals surface area contributed by atoms with Crippen LogP contribution in [0.1, 0.15) is 52.1 Å². The van der Waals surface area contributed by atoms with Crippen LogP contribution in [0.4, 0.5) is 0 Å². The van der Waals surface area contributed by atoms with Crippen molar-refractivity contribution in [1.29, 1.82) is 0 Å². The van der Waals surface area contributed by atoms with Gasteiger partial charge < -0.3 is 15.5 Å². The lowest BCUT2D eigenvalue weighted by molar-refractivity contribution is 0.0686. The fourth-order valence-corrected chi connectivity index (χ4v) is 1.96. The topological polar surface area (TPSA) is 86.6 Å². The Balaban J connectivity index is 3.29. The van der Waals surface area contributed by atoms with Gasteiger partial charge in [0.25, 0.3) is 5.91 Å². The number of carbonyl (C=O) groups excluding carboxylic acids is 1. The zero-order valence-electron chi connectivity index (χ0n) is 12.3. The van der Waals surface area contributed by atoms with Crippen LogP contribution in [-0.2, 0) is 0 Å². The normalized spacial score (nSPS) is 13.7. The maximum Gasteiger partial charge on any atom is 0.336 e. The molecule has 1 aromatic carbocycles. The van der Waals surface area contributed by atoms with E-state index in [2.05, 4.69) is 5.32 Å². The molecule has 0 heterocycles. The monoisotopic (exact) mass is 279 g/mol. The quantitative estimate of drug-likeness (QED) is 0.768. The Morgan fingerprint density at radius 1 is 1.20 bits per heavy atom. The second kappa shape index (κ2) is 6.05. The molecule has 110 valence electrons. The number of rotatable bonds is 5. The van der Waals surface area contributed by atoms with Gasteiger partial charge in [-0.1, -0.05) is 19.1 Å². The van der Waals surface area contributed by atoms with E-state index in [9.17, 15) is 19.8 Å². The van der Waals surface area contributed by atoms with Crippen LogP contribution in [0, 0.1) is 13.8 Å². The highest BCUT2D eigenvalue weighted by Gasteiger charge is 2.28. The van der Waals surface area contributed by atoms with E-state index in [1.807, 2.05) is 6.92 Å². The molecule has 20 heavy (non-hydrogen) atoms. The first kappa shape index (κ1) is 16.2. The number of aliphatic hydroxyl groups excluding tert-OH is 1. The third-order valence-electron chi connectivity index (χ3n) is 3.61. The van der Waals surface area contributed by atoms with Crippen molar-refractivity contribution in [3.63, 3.8) is 0 Å². The van der Waals surface area contributed by atoms with Crippen LogP contribution in [0.15, 0.2) is 12.1 Å². The number of benzene rings is 1. The van der Waals surface area contributed by atoms with Gasteiger partial charge in [-0.25, -0.2) is 4.79 Å². The molecule has 0 fully saturated rings. The Bertz CT molecular complexity index is 533. The number of aromatic carboxylic acids is 1. The molecule has 0 bridgehead atoms. The maximum atomic E-state index is 12.4. The van der Waals surface area contributed by atoms with Crippen molar-refractivity contribution in [3.05, 3.63) is 34.4 Å². The second-order valence-electron chi connectivity index (χ2n) is 5.28. The summed E-state index contributed by atoms with van der Waals surface area (Å²) in [5.41, 5.74) is 0.546. The van der Waals surface area contributed by atoms with E-state index in [1.54, 1.807) is 32.9 Å². The minimum atomic E-state index is -1.13.